The Labute approximate surface area is 200 Å². The third kappa shape index (κ3) is 5.12. The minimum atomic E-state index is -0.199. The van der Waals surface area contributed by atoms with Gasteiger partial charge in [0.15, 0.2) is 10.7 Å². The molecule has 0 spiro atoms. The molecule has 7 nitrogen and oxygen atoms in total. The second kappa shape index (κ2) is 10.2. The zero-order valence-corrected chi connectivity index (χ0v) is 20.0. The Morgan fingerprint density at radius 1 is 1.12 bits per heavy atom. The van der Waals surface area contributed by atoms with E-state index in [-0.39, 0.29) is 23.8 Å². The summed E-state index contributed by atoms with van der Waals surface area (Å²) in [6.07, 6.45) is 0. The monoisotopic (exact) mass is 481 g/mol. The van der Waals surface area contributed by atoms with Crippen molar-refractivity contribution in [2.45, 2.75) is 38.6 Å². The molecular weight excluding hydrogens is 458 g/mol. The SMILES string of the molecule is CCn1nc(C)c2nc(SCC(=O)NCc3ccccc3)n(Cc3ccccc3Cl)c(=O)c21. The van der Waals surface area contributed by atoms with Crippen LogP contribution in [0.4, 0.5) is 0 Å². The van der Waals surface area contributed by atoms with E-state index in [4.69, 9.17) is 16.6 Å². The highest BCUT2D eigenvalue weighted by atomic mass is 35.5. The highest BCUT2D eigenvalue weighted by Gasteiger charge is 2.19. The predicted molar refractivity (Wildman–Crippen MR) is 132 cm³/mol. The van der Waals surface area contributed by atoms with Gasteiger partial charge in [-0.2, -0.15) is 5.10 Å². The van der Waals surface area contributed by atoms with Crippen molar-refractivity contribution in [2.75, 3.05) is 5.75 Å². The molecule has 0 radical (unpaired) electrons. The second-order valence-corrected chi connectivity index (χ2v) is 8.88. The Balaban J connectivity index is 1.64. The van der Waals surface area contributed by atoms with Gasteiger partial charge in [0, 0.05) is 18.1 Å². The quantitative estimate of drug-likeness (QED) is 0.303. The number of hydrogen-bond acceptors (Lipinski definition) is 5. The lowest BCUT2D eigenvalue weighted by molar-refractivity contribution is -0.118. The summed E-state index contributed by atoms with van der Waals surface area (Å²) < 4.78 is 3.25. The van der Waals surface area contributed by atoms with Crippen LogP contribution in [0.15, 0.2) is 64.5 Å². The van der Waals surface area contributed by atoms with E-state index in [0.29, 0.717) is 40.0 Å². The smallest absolute Gasteiger partial charge is 0.280 e. The van der Waals surface area contributed by atoms with Crippen LogP contribution in [-0.4, -0.2) is 31.0 Å². The van der Waals surface area contributed by atoms with Gasteiger partial charge >= 0.3 is 0 Å². The van der Waals surface area contributed by atoms with Gasteiger partial charge < -0.3 is 5.32 Å². The molecule has 1 amide bonds. The maximum absolute atomic E-state index is 13.5. The van der Waals surface area contributed by atoms with Crippen LogP contribution in [0.5, 0.6) is 0 Å². The van der Waals surface area contributed by atoms with E-state index in [9.17, 15) is 9.59 Å². The Morgan fingerprint density at radius 2 is 1.85 bits per heavy atom. The Bertz CT molecular complexity index is 1350. The molecule has 33 heavy (non-hydrogen) atoms. The zero-order valence-electron chi connectivity index (χ0n) is 18.4. The minimum Gasteiger partial charge on any atom is -0.351 e. The van der Waals surface area contributed by atoms with Gasteiger partial charge in [0.25, 0.3) is 5.56 Å². The minimum absolute atomic E-state index is 0.133. The van der Waals surface area contributed by atoms with Crippen molar-refractivity contribution >= 4 is 40.3 Å². The molecule has 0 saturated heterocycles. The fourth-order valence-corrected chi connectivity index (χ4v) is 4.56. The fourth-order valence-electron chi connectivity index (χ4n) is 3.54. The summed E-state index contributed by atoms with van der Waals surface area (Å²) in [5, 5.41) is 8.40. The predicted octanol–water partition coefficient (Wildman–Crippen LogP) is 4.03. The van der Waals surface area contributed by atoms with Crippen LogP contribution in [0, 0.1) is 6.92 Å². The van der Waals surface area contributed by atoms with Crippen LogP contribution in [0.25, 0.3) is 11.0 Å². The van der Waals surface area contributed by atoms with Crippen molar-refractivity contribution in [3.8, 4) is 0 Å². The van der Waals surface area contributed by atoms with Gasteiger partial charge in [-0.15, -0.1) is 0 Å². The summed E-state index contributed by atoms with van der Waals surface area (Å²) in [6, 6.07) is 17.1. The number of fused-ring (bicyclic) bond motifs is 1. The zero-order chi connectivity index (χ0) is 23.4. The average Bonchev–Trinajstić information content (AvgIpc) is 3.15. The number of nitrogens with one attached hydrogen (secondary N) is 1. The van der Waals surface area contributed by atoms with Crippen LogP contribution < -0.4 is 10.9 Å². The number of halogens is 1. The molecule has 0 fully saturated rings. The fraction of sp³-hybridized carbons (Fsp3) is 0.250. The number of aryl methyl sites for hydroxylation is 2. The number of carbonyl (C=O) groups is 1. The van der Waals surface area contributed by atoms with E-state index >= 15 is 0 Å². The molecule has 2 heterocycles. The lowest BCUT2D eigenvalue weighted by Crippen LogP contribution is -2.28. The van der Waals surface area contributed by atoms with Crippen molar-refractivity contribution in [3.05, 3.63) is 86.8 Å². The number of nitrogens with zero attached hydrogens (tertiary/aromatic N) is 4. The molecule has 0 aliphatic heterocycles. The Hall–Kier alpha value is -3.10. The van der Waals surface area contributed by atoms with E-state index in [1.165, 1.54) is 11.8 Å². The van der Waals surface area contributed by atoms with Gasteiger partial charge in [-0.1, -0.05) is 71.9 Å². The number of rotatable bonds is 8. The molecule has 1 N–H and O–H groups in total. The maximum atomic E-state index is 13.5. The van der Waals surface area contributed by atoms with E-state index in [1.807, 2.05) is 62.4 Å². The van der Waals surface area contributed by atoms with Crippen LogP contribution in [0.1, 0.15) is 23.7 Å². The number of benzene rings is 2. The standard InChI is InChI=1S/C24H24ClN5O2S/c1-3-30-22-21(16(2)28-30)27-24(29(23(22)32)14-18-11-7-8-12-19(18)25)33-15-20(31)26-13-17-9-5-4-6-10-17/h4-12H,3,13-15H2,1-2H3,(H,26,31). The first-order valence-electron chi connectivity index (χ1n) is 10.6. The first kappa shape index (κ1) is 23.1. The lowest BCUT2D eigenvalue weighted by atomic mass is 10.2. The van der Waals surface area contributed by atoms with Gasteiger partial charge in [0.05, 0.1) is 18.0 Å². The molecule has 4 rings (SSSR count). The summed E-state index contributed by atoms with van der Waals surface area (Å²) in [7, 11) is 0. The maximum Gasteiger partial charge on any atom is 0.280 e. The summed E-state index contributed by atoms with van der Waals surface area (Å²) in [5.41, 5.74) is 3.33. The summed E-state index contributed by atoms with van der Waals surface area (Å²) in [5.74, 6) is -0.00248. The number of amides is 1. The molecule has 0 saturated carbocycles. The Morgan fingerprint density at radius 3 is 2.58 bits per heavy atom. The number of carbonyl (C=O) groups excluding carboxylic acids is 1. The Kier molecular flexibility index (Phi) is 7.15. The first-order chi connectivity index (χ1) is 16.0. The van der Waals surface area contributed by atoms with Crippen LogP contribution >= 0.6 is 23.4 Å². The molecule has 170 valence electrons. The van der Waals surface area contributed by atoms with Crippen molar-refractivity contribution in [3.63, 3.8) is 0 Å². The average molecular weight is 482 g/mol. The molecule has 0 bridgehead atoms. The third-order valence-electron chi connectivity index (χ3n) is 5.23. The lowest BCUT2D eigenvalue weighted by Gasteiger charge is -2.13. The molecule has 0 atom stereocenters. The van der Waals surface area contributed by atoms with E-state index in [0.717, 1.165) is 11.1 Å². The molecular formula is C24H24ClN5O2S. The molecule has 9 heteroatoms. The van der Waals surface area contributed by atoms with Crippen molar-refractivity contribution < 1.29 is 4.79 Å². The summed E-state index contributed by atoms with van der Waals surface area (Å²) in [6.45, 7) is 5.02. The van der Waals surface area contributed by atoms with E-state index in [1.54, 1.807) is 15.3 Å². The van der Waals surface area contributed by atoms with Crippen LogP contribution in [-0.2, 0) is 24.4 Å². The molecule has 0 aliphatic carbocycles. The largest absolute Gasteiger partial charge is 0.351 e. The third-order valence-corrected chi connectivity index (χ3v) is 6.58. The summed E-state index contributed by atoms with van der Waals surface area (Å²) >= 11 is 7.59. The normalized spacial score (nSPS) is 11.1. The molecule has 2 aromatic heterocycles. The van der Waals surface area contributed by atoms with E-state index in [2.05, 4.69) is 10.4 Å². The second-order valence-electron chi connectivity index (χ2n) is 7.53. The van der Waals surface area contributed by atoms with Gasteiger partial charge in [0.1, 0.15) is 5.52 Å². The van der Waals surface area contributed by atoms with E-state index < -0.39 is 0 Å². The highest BCUT2D eigenvalue weighted by molar-refractivity contribution is 7.99. The molecule has 4 aromatic rings. The van der Waals surface area contributed by atoms with Crippen molar-refractivity contribution in [1.82, 2.24) is 24.6 Å². The topological polar surface area (TPSA) is 81.8 Å². The first-order valence-corrected chi connectivity index (χ1v) is 12.0. The van der Waals surface area contributed by atoms with Crippen LogP contribution in [0.3, 0.4) is 0 Å². The number of aromatic nitrogens is 4. The van der Waals surface area contributed by atoms with Gasteiger partial charge in [-0.3, -0.25) is 18.8 Å². The van der Waals surface area contributed by atoms with Crippen molar-refractivity contribution in [2.24, 2.45) is 0 Å². The van der Waals surface area contributed by atoms with Gasteiger partial charge in [0.2, 0.25) is 5.91 Å². The number of hydrogen-bond donors (Lipinski definition) is 1. The van der Waals surface area contributed by atoms with Gasteiger partial charge in [-0.05, 0) is 31.0 Å². The number of thioether (sulfide) groups is 1. The molecule has 2 aromatic carbocycles. The summed E-state index contributed by atoms with van der Waals surface area (Å²) in [4.78, 5) is 30.8. The molecule has 0 unspecified atom stereocenters. The highest BCUT2D eigenvalue weighted by Crippen LogP contribution is 2.23. The molecule has 0 aliphatic rings. The van der Waals surface area contributed by atoms with Gasteiger partial charge in [-0.25, -0.2) is 4.98 Å². The van der Waals surface area contributed by atoms with Crippen LogP contribution in [0.2, 0.25) is 5.02 Å². The van der Waals surface area contributed by atoms with Crippen molar-refractivity contribution in [1.29, 1.82) is 0 Å².